The Kier molecular flexibility index (Phi) is 5.32. The van der Waals surface area contributed by atoms with Crippen molar-refractivity contribution in [1.82, 2.24) is 9.62 Å². The van der Waals surface area contributed by atoms with Crippen LogP contribution in [-0.4, -0.2) is 50.1 Å². The predicted molar refractivity (Wildman–Crippen MR) is 78.0 cm³/mol. The van der Waals surface area contributed by atoms with Crippen molar-refractivity contribution in [1.29, 1.82) is 0 Å². The van der Waals surface area contributed by atoms with Gasteiger partial charge in [0.25, 0.3) is 0 Å². The molecular formula is C14H21FN2O3S. The summed E-state index contributed by atoms with van der Waals surface area (Å²) in [6.45, 7) is 2.55. The van der Waals surface area contributed by atoms with Crippen molar-refractivity contribution in [3.63, 3.8) is 0 Å². The molecule has 1 atom stereocenters. The maximum absolute atomic E-state index is 13.4. The number of nitrogens with zero attached hydrogens (tertiary/aromatic N) is 1. The fourth-order valence-corrected chi connectivity index (χ4v) is 4.28. The van der Waals surface area contributed by atoms with Gasteiger partial charge < -0.3 is 10.4 Å². The lowest BCUT2D eigenvalue weighted by atomic mass is 10.2. The van der Waals surface area contributed by atoms with E-state index in [-0.39, 0.29) is 24.1 Å². The van der Waals surface area contributed by atoms with Gasteiger partial charge in [0, 0.05) is 19.1 Å². The second-order valence-electron chi connectivity index (χ2n) is 5.29. The Morgan fingerprint density at radius 2 is 2.24 bits per heavy atom. The van der Waals surface area contributed by atoms with Crippen LogP contribution < -0.4 is 5.32 Å². The van der Waals surface area contributed by atoms with Gasteiger partial charge in [-0.05, 0) is 44.0 Å². The molecule has 1 heterocycles. The summed E-state index contributed by atoms with van der Waals surface area (Å²) in [6, 6.07) is 3.81. The van der Waals surface area contributed by atoms with E-state index in [9.17, 15) is 12.8 Å². The topological polar surface area (TPSA) is 69.6 Å². The molecule has 0 bridgehead atoms. The summed E-state index contributed by atoms with van der Waals surface area (Å²) in [5, 5.41) is 12.4. The first-order chi connectivity index (χ1) is 9.95. The van der Waals surface area contributed by atoms with Crippen molar-refractivity contribution in [2.75, 3.05) is 26.2 Å². The van der Waals surface area contributed by atoms with E-state index >= 15 is 0 Å². The average Bonchev–Trinajstić information content (AvgIpc) is 2.94. The molecule has 118 valence electrons. The molecule has 1 aromatic rings. The summed E-state index contributed by atoms with van der Waals surface area (Å²) in [7, 11) is -3.81. The molecule has 0 aliphatic carbocycles. The normalized spacial score (nSPS) is 19.3. The molecule has 1 saturated heterocycles. The molecule has 0 saturated carbocycles. The molecule has 0 radical (unpaired) electrons. The number of aliphatic hydroxyl groups excluding tert-OH is 1. The fraction of sp³-hybridized carbons (Fsp3) is 0.571. The summed E-state index contributed by atoms with van der Waals surface area (Å²) in [4.78, 5) is -0.0334. The summed E-state index contributed by atoms with van der Waals surface area (Å²) in [5.74, 6) is -0.581. The number of aliphatic hydroxyl groups is 1. The van der Waals surface area contributed by atoms with Crippen LogP contribution in [0.25, 0.3) is 0 Å². The summed E-state index contributed by atoms with van der Waals surface area (Å²) >= 11 is 0. The molecule has 0 spiro atoms. The quantitative estimate of drug-likeness (QED) is 0.817. The third-order valence-corrected chi connectivity index (χ3v) is 5.71. The van der Waals surface area contributed by atoms with Crippen LogP contribution in [0.15, 0.2) is 23.1 Å². The maximum atomic E-state index is 13.4. The minimum absolute atomic E-state index is 0.0104. The Morgan fingerprint density at radius 3 is 2.86 bits per heavy atom. The van der Waals surface area contributed by atoms with Gasteiger partial charge in [-0.15, -0.1) is 0 Å². The van der Waals surface area contributed by atoms with E-state index in [1.54, 1.807) is 6.92 Å². The molecule has 1 fully saturated rings. The van der Waals surface area contributed by atoms with Gasteiger partial charge in [-0.25, -0.2) is 12.8 Å². The molecule has 0 aromatic heterocycles. The molecule has 2 rings (SSSR count). The van der Waals surface area contributed by atoms with Gasteiger partial charge in [0.05, 0.1) is 11.5 Å². The van der Waals surface area contributed by atoms with Gasteiger partial charge in [0.2, 0.25) is 10.0 Å². The highest BCUT2D eigenvalue weighted by Gasteiger charge is 2.29. The SMILES string of the molecule is Cc1ccc(F)cc1S(=O)(=O)N(CCO)CC1CCCN1. The van der Waals surface area contributed by atoms with E-state index in [1.807, 2.05) is 0 Å². The first-order valence-electron chi connectivity index (χ1n) is 7.05. The lowest BCUT2D eigenvalue weighted by molar-refractivity contribution is 0.246. The number of sulfonamides is 1. The molecule has 1 aliphatic heterocycles. The minimum atomic E-state index is -3.81. The minimum Gasteiger partial charge on any atom is -0.395 e. The zero-order valence-electron chi connectivity index (χ0n) is 12.0. The lowest BCUT2D eigenvalue weighted by Crippen LogP contribution is -2.42. The largest absolute Gasteiger partial charge is 0.395 e. The van der Waals surface area contributed by atoms with E-state index in [0.29, 0.717) is 12.1 Å². The van der Waals surface area contributed by atoms with Gasteiger partial charge in [-0.3, -0.25) is 0 Å². The van der Waals surface area contributed by atoms with E-state index in [2.05, 4.69) is 5.32 Å². The first-order valence-corrected chi connectivity index (χ1v) is 8.49. The molecule has 7 heteroatoms. The highest BCUT2D eigenvalue weighted by molar-refractivity contribution is 7.89. The summed E-state index contributed by atoms with van der Waals surface area (Å²) in [6.07, 6.45) is 1.91. The number of benzene rings is 1. The summed E-state index contributed by atoms with van der Waals surface area (Å²) in [5.41, 5.74) is 0.499. The second kappa shape index (κ2) is 6.83. The third kappa shape index (κ3) is 3.79. The van der Waals surface area contributed by atoms with Crippen molar-refractivity contribution in [2.24, 2.45) is 0 Å². The van der Waals surface area contributed by atoms with Gasteiger partial charge >= 0.3 is 0 Å². The highest BCUT2D eigenvalue weighted by Crippen LogP contribution is 2.22. The molecule has 0 amide bonds. The number of rotatable bonds is 6. The van der Waals surface area contributed by atoms with Gasteiger partial charge in [-0.2, -0.15) is 4.31 Å². The lowest BCUT2D eigenvalue weighted by Gasteiger charge is -2.25. The molecule has 1 aliphatic rings. The van der Waals surface area contributed by atoms with Crippen molar-refractivity contribution in [2.45, 2.75) is 30.7 Å². The zero-order chi connectivity index (χ0) is 15.5. The Balaban J connectivity index is 2.29. The van der Waals surface area contributed by atoms with Gasteiger partial charge in [0.15, 0.2) is 0 Å². The zero-order valence-corrected chi connectivity index (χ0v) is 12.9. The molecule has 1 aromatic carbocycles. The monoisotopic (exact) mass is 316 g/mol. The molecule has 2 N–H and O–H groups in total. The Bertz CT molecular complexity index is 586. The van der Waals surface area contributed by atoms with E-state index in [4.69, 9.17) is 5.11 Å². The smallest absolute Gasteiger partial charge is 0.243 e. The molecule has 5 nitrogen and oxygen atoms in total. The van der Waals surface area contributed by atoms with Crippen LogP contribution in [0.4, 0.5) is 4.39 Å². The molecule has 21 heavy (non-hydrogen) atoms. The van der Waals surface area contributed by atoms with Crippen LogP contribution in [0.5, 0.6) is 0 Å². The number of aryl methyl sites for hydroxylation is 1. The van der Waals surface area contributed by atoms with Crippen LogP contribution in [0.1, 0.15) is 18.4 Å². The third-order valence-electron chi connectivity index (χ3n) is 3.70. The van der Waals surface area contributed by atoms with Crippen molar-refractivity contribution < 1.29 is 17.9 Å². The van der Waals surface area contributed by atoms with Crippen LogP contribution in [-0.2, 0) is 10.0 Å². The number of hydrogen-bond acceptors (Lipinski definition) is 4. The highest BCUT2D eigenvalue weighted by atomic mass is 32.2. The van der Waals surface area contributed by atoms with E-state index in [1.165, 1.54) is 16.4 Å². The average molecular weight is 316 g/mol. The van der Waals surface area contributed by atoms with Gasteiger partial charge in [-0.1, -0.05) is 6.07 Å². The van der Waals surface area contributed by atoms with Crippen molar-refractivity contribution in [3.8, 4) is 0 Å². The number of nitrogens with one attached hydrogen (secondary N) is 1. The van der Waals surface area contributed by atoms with Crippen LogP contribution in [0, 0.1) is 12.7 Å². The van der Waals surface area contributed by atoms with E-state index < -0.39 is 15.8 Å². The fourth-order valence-electron chi connectivity index (χ4n) is 2.57. The van der Waals surface area contributed by atoms with Crippen LogP contribution in [0.3, 0.4) is 0 Å². The second-order valence-corrected chi connectivity index (χ2v) is 7.20. The Labute approximate surface area is 124 Å². The first kappa shape index (κ1) is 16.4. The Hall–Kier alpha value is -1.02. The van der Waals surface area contributed by atoms with Crippen molar-refractivity contribution in [3.05, 3.63) is 29.6 Å². The Morgan fingerprint density at radius 1 is 1.48 bits per heavy atom. The standard InChI is InChI=1S/C14H21FN2O3S/c1-11-4-5-12(15)9-14(11)21(19,20)17(7-8-18)10-13-3-2-6-16-13/h4-5,9,13,16,18H,2-3,6-8,10H2,1H3. The van der Waals surface area contributed by atoms with Gasteiger partial charge in [0.1, 0.15) is 5.82 Å². The van der Waals surface area contributed by atoms with Crippen molar-refractivity contribution >= 4 is 10.0 Å². The number of hydrogen-bond donors (Lipinski definition) is 2. The number of halogens is 1. The van der Waals surface area contributed by atoms with Crippen LogP contribution >= 0.6 is 0 Å². The maximum Gasteiger partial charge on any atom is 0.243 e. The molecule has 1 unspecified atom stereocenters. The van der Waals surface area contributed by atoms with E-state index in [0.717, 1.165) is 25.5 Å². The summed E-state index contributed by atoms with van der Waals surface area (Å²) < 4.78 is 40.0. The molecular weight excluding hydrogens is 295 g/mol. The van der Waals surface area contributed by atoms with Crippen LogP contribution in [0.2, 0.25) is 0 Å². The predicted octanol–water partition coefficient (Wildman–Crippen LogP) is 0.869.